The molecular weight excluding hydrogens is 379 g/mol. The minimum Gasteiger partial charge on any atom is -0.482 e. The molecule has 0 saturated carbocycles. The maximum Gasteiger partial charge on any atom is 0.277 e. The standard InChI is InChI=1S/C14H18Cl2N2O7/c15-7-1-2-11(8(16)3-7)25-6-12(22)18-17-4-9(20)13(23)14(24)10(21)5-19/h1-4,9-10,13-14,19-21,23-24H,5-6H2,(H,18,22)/b17-4-/t9-,10+,13-,14+/m0/s1. The van der Waals surface area contributed by atoms with E-state index in [2.05, 4.69) is 5.10 Å². The van der Waals surface area contributed by atoms with Crippen molar-refractivity contribution in [1.29, 1.82) is 0 Å². The number of aliphatic hydroxyl groups is 5. The van der Waals surface area contributed by atoms with E-state index in [1.54, 1.807) is 0 Å². The number of hydrogen-bond acceptors (Lipinski definition) is 8. The van der Waals surface area contributed by atoms with Crippen molar-refractivity contribution in [3.8, 4) is 5.75 Å². The number of hydrazone groups is 1. The first-order valence-corrected chi connectivity index (χ1v) is 7.74. The average Bonchev–Trinajstić information content (AvgIpc) is 2.58. The monoisotopic (exact) mass is 396 g/mol. The van der Waals surface area contributed by atoms with E-state index < -0.39 is 43.5 Å². The van der Waals surface area contributed by atoms with Crippen molar-refractivity contribution in [3.63, 3.8) is 0 Å². The van der Waals surface area contributed by atoms with Crippen LogP contribution in [-0.2, 0) is 4.79 Å². The normalized spacial score (nSPS) is 16.3. The molecule has 9 nitrogen and oxygen atoms in total. The molecule has 4 atom stereocenters. The van der Waals surface area contributed by atoms with Crippen molar-refractivity contribution >= 4 is 35.3 Å². The van der Waals surface area contributed by atoms with E-state index in [0.29, 0.717) is 5.02 Å². The lowest BCUT2D eigenvalue weighted by atomic mass is 10.0. The van der Waals surface area contributed by atoms with Crippen LogP contribution in [0, 0.1) is 0 Å². The quantitative estimate of drug-likeness (QED) is 0.229. The molecule has 140 valence electrons. The topological polar surface area (TPSA) is 152 Å². The highest BCUT2D eigenvalue weighted by molar-refractivity contribution is 6.35. The van der Waals surface area contributed by atoms with E-state index in [0.717, 1.165) is 6.21 Å². The molecule has 6 N–H and O–H groups in total. The average molecular weight is 397 g/mol. The van der Waals surface area contributed by atoms with Crippen molar-refractivity contribution in [2.24, 2.45) is 5.10 Å². The summed E-state index contributed by atoms with van der Waals surface area (Å²) in [5.74, 6) is -0.443. The third-order valence-electron chi connectivity index (χ3n) is 2.95. The van der Waals surface area contributed by atoms with Gasteiger partial charge < -0.3 is 30.3 Å². The molecule has 11 heteroatoms. The number of carbonyl (C=O) groups is 1. The Morgan fingerprint density at radius 3 is 2.52 bits per heavy atom. The van der Waals surface area contributed by atoms with Gasteiger partial charge in [-0.2, -0.15) is 5.10 Å². The molecule has 0 fully saturated rings. The second kappa shape index (κ2) is 10.5. The molecule has 0 radical (unpaired) electrons. The third-order valence-corrected chi connectivity index (χ3v) is 3.48. The molecule has 0 spiro atoms. The van der Waals surface area contributed by atoms with Gasteiger partial charge in [0.15, 0.2) is 6.61 Å². The van der Waals surface area contributed by atoms with Gasteiger partial charge in [-0.15, -0.1) is 0 Å². The highest BCUT2D eigenvalue weighted by atomic mass is 35.5. The zero-order valence-electron chi connectivity index (χ0n) is 12.8. The van der Waals surface area contributed by atoms with E-state index in [9.17, 15) is 20.1 Å². The summed E-state index contributed by atoms with van der Waals surface area (Å²) in [4.78, 5) is 11.5. The summed E-state index contributed by atoms with van der Waals surface area (Å²) in [5.41, 5.74) is 2.02. The Hall–Kier alpha value is -1.46. The molecule has 1 amide bonds. The number of rotatable bonds is 9. The van der Waals surface area contributed by atoms with Crippen LogP contribution in [0.4, 0.5) is 0 Å². The van der Waals surface area contributed by atoms with Gasteiger partial charge in [0.1, 0.15) is 30.2 Å². The summed E-state index contributed by atoms with van der Waals surface area (Å²) in [7, 11) is 0. The second-order valence-electron chi connectivity index (χ2n) is 4.90. The minimum absolute atomic E-state index is 0.221. The van der Waals surface area contributed by atoms with Gasteiger partial charge in [0.25, 0.3) is 5.91 Å². The van der Waals surface area contributed by atoms with Crippen molar-refractivity contribution in [2.45, 2.75) is 24.4 Å². The Morgan fingerprint density at radius 1 is 1.24 bits per heavy atom. The Morgan fingerprint density at radius 2 is 1.92 bits per heavy atom. The number of aliphatic hydroxyl groups excluding tert-OH is 5. The Balaban J connectivity index is 2.43. The van der Waals surface area contributed by atoms with Crippen molar-refractivity contribution in [2.75, 3.05) is 13.2 Å². The Labute approximate surface area is 153 Å². The molecular formula is C14H18Cl2N2O7. The molecule has 0 bridgehead atoms. The predicted octanol–water partition coefficient (Wildman–Crippen LogP) is -1.09. The van der Waals surface area contributed by atoms with E-state index >= 15 is 0 Å². The number of hydrogen-bond donors (Lipinski definition) is 6. The van der Waals surface area contributed by atoms with Crippen molar-refractivity contribution in [1.82, 2.24) is 5.43 Å². The molecule has 0 aliphatic rings. The van der Waals surface area contributed by atoms with Crippen LogP contribution in [0.5, 0.6) is 5.75 Å². The SMILES string of the molecule is O=C(COc1ccc(Cl)cc1Cl)N/N=C\[C@H](O)[C@H](O)[C@H](O)[C@H](O)CO. The lowest BCUT2D eigenvalue weighted by Gasteiger charge is -2.23. The van der Waals surface area contributed by atoms with Gasteiger partial charge in [-0.25, -0.2) is 5.43 Å². The number of benzene rings is 1. The van der Waals surface area contributed by atoms with Crippen molar-refractivity contribution in [3.05, 3.63) is 28.2 Å². The molecule has 25 heavy (non-hydrogen) atoms. The highest BCUT2D eigenvalue weighted by Gasteiger charge is 2.29. The van der Waals surface area contributed by atoms with Gasteiger partial charge >= 0.3 is 0 Å². The van der Waals surface area contributed by atoms with Crippen LogP contribution in [0.25, 0.3) is 0 Å². The van der Waals surface area contributed by atoms with Gasteiger partial charge in [0.2, 0.25) is 0 Å². The first-order chi connectivity index (χ1) is 11.8. The van der Waals surface area contributed by atoms with Gasteiger partial charge in [0.05, 0.1) is 17.8 Å². The number of halogens is 2. The molecule has 0 aliphatic heterocycles. The summed E-state index contributed by atoms with van der Waals surface area (Å²) in [6.45, 7) is -1.23. The van der Waals surface area contributed by atoms with Crippen molar-refractivity contribution < 1.29 is 35.1 Å². The van der Waals surface area contributed by atoms with E-state index in [4.69, 9.17) is 38.2 Å². The van der Waals surface area contributed by atoms with Crippen LogP contribution < -0.4 is 10.2 Å². The summed E-state index contributed by atoms with van der Waals surface area (Å²) in [5, 5.41) is 50.3. The van der Waals surface area contributed by atoms with Crippen LogP contribution in [-0.4, -0.2) is 75.3 Å². The van der Waals surface area contributed by atoms with Crippen LogP contribution in [0.3, 0.4) is 0 Å². The van der Waals surface area contributed by atoms with E-state index in [-0.39, 0.29) is 10.8 Å². The second-order valence-corrected chi connectivity index (χ2v) is 5.74. The largest absolute Gasteiger partial charge is 0.482 e. The first-order valence-electron chi connectivity index (χ1n) is 6.99. The molecule has 1 aromatic rings. The maximum atomic E-state index is 11.5. The molecule has 0 saturated heterocycles. The molecule has 0 unspecified atom stereocenters. The number of carbonyl (C=O) groups excluding carboxylic acids is 1. The van der Waals surface area contributed by atoms with Crippen LogP contribution in [0.15, 0.2) is 23.3 Å². The first kappa shape index (κ1) is 21.6. The van der Waals surface area contributed by atoms with E-state index in [1.807, 2.05) is 5.43 Å². The fourth-order valence-electron chi connectivity index (χ4n) is 1.58. The zero-order chi connectivity index (χ0) is 19.0. The molecule has 0 heterocycles. The van der Waals surface area contributed by atoms with Crippen LogP contribution >= 0.6 is 23.2 Å². The summed E-state index contributed by atoms with van der Waals surface area (Å²) in [6.07, 6.45) is -6.19. The number of ether oxygens (including phenoxy) is 1. The number of nitrogens with one attached hydrogen (secondary N) is 1. The zero-order valence-corrected chi connectivity index (χ0v) is 14.3. The number of nitrogens with zero attached hydrogens (tertiary/aromatic N) is 1. The third kappa shape index (κ3) is 7.12. The molecule has 0 aliphatic carbocycles. The molecule has 1 aromatic carbocycles. The van der Waals surface area contributed by atoms with E-state index in [1.165, 1.54) is 18.2 Å². The molecule has 0 aromatic heterocycles. The summed E-state index contributed by atoms with van der Waals surface area (Å²) < 4.78 is 5.15. The number of amides is 1. The van der Waals surface area contributed by atoms with Gasteiger partial charge in [-0.3, -0.25) is 4.79 Å². The fraction of sp³-hybridized carbons (Fsp3) is 0.429. The fourth-order valence-corrected chi connectivity index (χ4v) is 2.04. The Kier molecular flexibility index (Phi) is 9.08. The summed E-state index contributed by atoms with van der Waals surface area (Å²) in [6, 6.07) is 4.45. The van der Waals surface area contributed by atoms with Gasteiger partial charge in [-0.05, 0) is 18.2 Å². The van der Waals surface area contributed by atoms with Gasteiger partial charge in [0, 0.05) is 5.02 Å². The van der Waals surface area contributed by atoms with Crippen LogP contribution in [0.1, 0.15) is 0 Å². The van der Waals surface area contributed by atoms with Crippen LogP contribution in [0.2, 0.25) is 10.0 Å². The van der Waals surface area contributed by atoms with Gasteiger partial charge in [-0.1, -0.05) is 23.2 Å². The summed E-state index contributed by atoms with van der Waals surface area (Å²) >= 11 is 11.6. The lowest BCUT2D eigenvalue weighted by Crippen LogP contribution is -2.46. The Bertz CT molecular complexity index is 603. The molecule has 1 rings (SSSR count). The highest BCUT2D eigenvalue weighted by Crippen LogP contribution is 2.27. The smallest absolute Gasteiger partial charge is 0.277 e. The maximum absolute atomic E-state index is 11.5. The predicted molar refractivity (Wildman–Crippen MR) is 89.7 cm³/mol. The minimum atomic E-state index is -1.81. The lowest BCUT2D eigenvalue weighted by molar-refractivity contribution is -0.123.